The normalized spacial score (nSPS) is 10.8. The van der Waals surface area contributed by atoms with E-state index in [4.69, 9.17) is 9.47 Å². The number of unbranched alkanes of at least 4 members (excludes halogenated alkanes) is 8. The Labute approximate surface area is 134 Å². The van der Waals surface area contributed by atoms with E-state index in [0.29, 0.717) is 0 Å². The van der Waals surface area contributed by atoms with Crippen LogP contribution in [0.3, 0.4) is 0 Å². The molecular weight excluding hydrogens is 280 g/mol. The fraction of sp³-hybridized carbons (Fsp3) is 0.778. The molecule has 0 aliphatic heterocycles. The van der Waals surface area contributed by atoms with Crippen LogP contribution in [0.25, 0.3) is 0 Å². The van der Waals surface area contributed by atoms with Crippen molar-refractivity contribution in [2.24, 2.45) is 0 Å². The molecule has 0 N–H and O–H groups in total. The lowest BCUT2D eigenvalue weighted by Crippen LogP contribution is -2.01. The van der Waals surface area contributed by atoms with E-state index >= 15 is 0 Å². The van der Waals surface area contributed by atoms with Crippen LogP contribution in [-0.2, 0) is 0 Å². The molecule has 0 aliphatic rings. The third-order valence-corrected chi connectivity index (χ3v) is 4.30. The van der Waals surface area contributed by atoms with Crippen molar-refractivity contribution in [2.75, 3.05) is 13.2 Å². The van der Waals surface area contributed by atoms with Gasteiger partial charge in [-0.05, 0) is 12.8 Å². The molecule has 0 radical (unpaired) electrons. The van der Waals surface area contributed by atoms with Crippen LogP contribution in [0.1, 0.15) is 78.1 Å². The Bertz CT molecular complexity index is 305. The van der Waals surface area contributed by atoms with Crippen molar-refractivity contribution in [3.8, 4) is 11.5 Å². The highest BCUT2D eigenvalue weighted by molar-refractivity contribution is 7.08. The van der Waals surface area contributed by atoms with Crippen molar-refractivity contribution >= 4 is 11.3 Å². The van der Waals surface area contributed by atoms with Crippen LogP contribution in [0.4, 0.5) is 0 Å². The topological polar surface area (TPSA) is 18.5 Å². The Balaban J connectivity index is 2.09. The molecule has 2 nitrogen and oxygen atoms in total. The third-order valence-electron chi connectivity index (χ3n) is 3.60. The molecule has 1 rings (SSSR count). The van der Waals surface area contributed by atoms with Gasteiger partial charge in [0.05, 0.1) is 13.2 Å². The van der Waals surface area contributed by atoms with E-state index in [2.05, 4.69) is 24.6 Å². The minimum atomic E-state index is 0.813. The first kappa shape index (κ1) is 18.3. The highest BCUT2D eigenvalue weighted by Gasteiger charge is 2.06. The Morgan fingerprint density at radius 3 is 1.52 bits per heavy atom. The van der Waals surface area contributed by atoms with E-state index in [-0.39, 0.29) is 0 Å². The summed E-state index contributed by atoms with van der Waals surface area (Å²) in [6.45, 7) is 6.11. The quantitative estimate of drug-likeness (QED) is 0.368. The smallest absolute Gasteiger partial charge is 0.171 e. The molecule has 0 fully saturated rings. The Kier molecular flexibility index (Phi) is 11.4. The van der Waals surface area contributed by atoms with E-state index < -0.39 is 0 Å². The van der Waals surface area contributed by atoms with Gasteiger partial charge < -0.3 is 9.47 Å². The minimum absolute atomic E-state index is 0.813. The Hall–Kier alpha value is -0.700. The van der Waals surface area contributed by atoms with Gasteiger partial charge in [0.1, 0.15) is 0 Å². The second-order valence-corrected chi connectivity index (χ2v) is 6.37. The molecule has 1 heterocycles. The van der Waals surface area contributed by atoms with Gasteiger partial charge in [-0.25, -0.2) is 0 Å². The zero-order valence-corrected chi connectivity index (χ0v) is 14.7. The highest BCUT2D eigenvalue weighted by Crippen LogP contribution is 2.32. The summed E-state index contributed by atoms with van der Waals surface area (Å²) in [4.78, 5) is 0. The predicted octanol–water partition coefficient (Wildman–Crippen LogP) is 6.45. The maximum absolute atomic E-state index is 5.84. The zero-order chi connectivity index (χ0) is 15.2. The van der Waals surface area contributed by atoms with Gasteiger partial charge >= 0.3 is 0 Å². The number of rotatable bonds is 14. The summed E-state index contributed by atoms with van der Waals surface area (Å²) in [5.74, 6) is 1.87. The molecule has 1 aromatic heterocycles. The van der Waals surface area contributed by atoms with Gasteiger partial charge in [-0.3, -0.25) is 0 Å². The summed E-state index contributed by atoms with van der Waals surface area (Å²) >= 11 is 1.66. The lowest BCUT2D eigenvalue weighted by molar-refractivity contribution is 0.260. The van der Waals surface area contributed by atoms with Crippen LogP contribution in [0, 0.1) is 0 Å². The number of hydrogen-bond donors (Lipinski definition) is 0. The Morgan fingerprint density at radius 2 is 1.10 bits per heavy atom. The van der Waals surface area contributed by atoms with Gasteiger partial charge in [-0.2, -0.15) is 0 Å². The molecular formula is C18H32O2S. The zero-order valence-electron chi connectivity index (χ0n) is 13.9. The molecule has 0 atom stereocenters. The van der Waals surface area contributed by atoms with Crippen LogP contribution in [0.5, 0.6) is 11.5 Å². The van der Waals surface area contributed by atoms with E-state index in [1.807, 2.05) is 0 Å². The first-order valence-electron chi connectivity index (χ1n) is 8.70. The third kappa shape index (κ3) is 9.02. The van der Waals surface area contributed by atoms with Gasteiger partial charge in [-0.15, -0.1) is 11.3 Å². The van der Waals surface area contributed by atoms with Crippen molar-refractivity contribution in [3.63, 3.8) is 0 Å². The molecule has 1 aromatic rings. The van der Waals surface area contributed by atoms with Gasteiger partial charge in [0.2, 0.25) is 0 Å². The van der Waals surface area contributed by atoms with E-state index in [1.54, 1.807) is 11.3 Å². The molecule has 21 heavy (non-hydrogen) atoms. The Morgan fingerprint density at radius 1 is 0.667 bits per heavy atom. The summed E-state index contributed by atoms with van der Waals surface area (Å²) in [6.07, 6.45) is 12.7. The second-order valence-electron chi connectivity index (χ2n) is 5.63. The molecule has 0 unspecified atom stereocenters. The molecule has 0 aliphatic carbocycles. The molecule has 0 saturated heterocycles. The van der Waals surface area contributed by atoms with Crippen LogP contribution in [0.2, 0.25) is 0 Å². The maximum Gasteiger partial charge on any atom is 0.171 e. The van der Waals surface area contributed by atoms with Crippen LogP contribution < -0.4 is 9.47 Å². The molecule has 0 aromatic carbocycles. The SMILES string of the molecule is CCCCCCCOc1cscc1OCCCCCCC. The molecule has 122 valence electrons. The van der Waals surface area contributed by atoms with Gasteiger partial charge in [0, 0.05) is 10.8 Å². The van der Waals surface area contributed by atoms with Gasteiger partial charge in [0.15, 0.2) is 11.5 Å². The summed E-state index contributed by atoms with van der Waals surface area (Å²) < 4.78 is 11.7. The number of hydrogen-bond acceptors (Lipinski definition) is 3. The molecule has 0 saturated carbocycles. The largest absolute Gasteiger partial charge is 0.489 e. The van der Waals surface area contributed by atoms with E-state index in [9.17, 15) is 0 Å². The van der Waals surface area contributed by atoms with Crippen LogP contribution >= 0.6 is 11.3 Å². The average Bonchev–Trinajstić information content (AvgIpc) is 2.94. The first-order chi connectivity index (χ1) is 10.4. The monoisotopic (exact) mass is 312 g/mol. The predicted molar refractivity (Wildman–Crippen MR) is 92.8 cm³/mol. The summed E-state index contributed by atoms with van der Waals surface area (Å²) in [7, 11) is 0. The first-order valence-corrected chi connectivity index (χ1v) is 9.64. The van der Waals surface area contributed by atoms with Crippen molar-refractivity contribution in [2.45, 2.75) is 78.1 Å². The van der Waals surface area contributed by atoms with Gasteiger partial charge in [-0.1, -0.05) is 65.2 Å². The highest BCUT2D eigenvalue weighted by atomic mass is 32.1. The average molecular weight is 313 g/mol. The summed E-state index contributed by atoms with van der Waals surface area (Å²) in [6, 6.07) is 0. The minimum Gasteiger partial charge on any atom is -0.489 e. The maximum atomic E-state index is 5.84. The number of ether oxygens (including phenoxy) is 2. The second kappa shape index (κ2) is 13.0. The molecule has 3 heteroatoms. The van der Waals surface area contributed by atoms with Crippen molar-refractivity contribution in [1.82, 2.24) is 0 Å². The van der Waals surface area contributed by atoms with Crippen molar-refractivity contribution in [3.05, 3.63) is 10.8 Å². The fourth-order valence-corrected chi connectivity index (χ4v) is 2.94. The van der Waals surface area contributed by atoms with Crippen LogP contribution in [-0.4, -0.2) is 13.2 Å². The van der Waals surface area contributed by atoms with Gasteiger partial charge in [0.25, 0.3) is 0 Å². The standard InChI is InChI=1S/C18H32O2S/c1-3-5-7-9-11-13-19-17-15-21-16-18(17)20-14-12-10-8-6-4-2/h15-16H,3-14H2,1-2H3. The molecule has 0 spiro atoms. The van der Waals surface area contributed by atoms with E-state index in [0.717, 1.165) is 37.6 Å². The van der Waals surface area contributed by atoms with E-state index in [1.165, 1.54) is 51.4 Å². The van der Waals surface area contributed by atoms with Crippen LogP contribution in [0.15, 0.2) is 10.8 Å². The lowest BCUT2D eigenvalue weighted by atomic mass is 10.2. The lowest BCUT2D eigenvalue weighted by Gasteiger charge is -2.09. The van der Waals surface area contributed by atoms with Crippen molar-refractivity contribution < 1.29 is 9.47 Å². The molecule has 0 bridgehead atoms. The number of thiophene rings is 1. The fourth-order valence-electron chi connectivity index (χ4n) is 2.26. The van der Waals surface area contributed by atoms with Crippen molar-refractivity contribution in [1.29, 1.82) is 0 Å². The molecule has 0 amide bonds. The summed E-state index contributed by atoms with van der Waals surface area (Å²) in [5.41, 5.74) is 0. The summed E-state index contributed by atoms with van der Waals surface area (Å²) in [5, 5.41) is 4.11.